The van der Waals surface area contributed by atoms with Crippen molar-refractivity contribution in [3.63, 3.8) is 0 Å². The molecule has 4 nitrogen and oxygen atoms in total. The first-order valence-corrected chi connectivity index (χ1v) is 5.35. The van der Waals surface area contributed by atoms with Crippen LogP contribution in [0.25, 0.3) is 0 Å². The fourth-order valence-corrected chi connectivity index (χ4v) is 2.20. The summed E-state index contributed by atoms with van der Waals surface area (Å²) in [4.78, 5) is 3.71. The number of nitrogens with zero attached hydrogens (tertiary/aromatic N) is 1. The zero-order valence-electron chi connectivity index (χ0n) is 8.36. The molecule has 0 radical (unpaired) electrons. The molecule has 2 aromatic heterocycles. The molecule has 8 heteroatoms. The summed E-state index contributed by atoms with van der Waals surface area (Å²) in [5.41, 5.74) is 3.07. The van der Waals surface area contributed by atoms with Gasteiger partial charge in [0.2, 0.25) is 0 Å². The number of hydrogen-bond donors (Lipinski definition) is 2. The lowest BCUT2D eigenvalue weighted by atomic mass is 10.1. The van der Waals surface area contributed by atoms with Crippen LogP contribution < -0.4 is 11.3 Å². The SMILES string of the molecule is NNC(c1ccoc1)c1cnc(C(F)(F)F)s1. The van der Waals surface area contributed by atoms with Gasteiger partial charge in [0.05, 0.1) is 18.6 Å². The standard InChI is InChI=1S/C9H8F3N3OS/c10-9(11,12)8-14-3-6(17-8)7(15-13)5-1-2-16-4-5/h1-4,7,15H,13H2. The molecule has 0 saturated carbocycles. The summed E-state index contributed by atoms with van der Waals surface area (Å²) in [6.07, 6.45) is -0.438. The highest BCUT2D eigenvalue weighted by Gasteiger charge is 2.35. The zero-order valence-corrected chi connectivity index (χ0v) is 9.18. The van der Waals surface area contributed by atoms with E-state index in [2.05, 4.69) is 10.4 Å². The Kier molecular flexibility index (Phi) is 3.18. The molecule has 2 aromatic rings. The molecule has 0 aliphatic heterocycles. The van der Waals surface area contributed by atoms with Crippen molar-refractivity contribution in [3.05, 3.63) is 40.2 Å². The topological polar surface area (TPSA) is 64.1 Å². The third-order valence-corrected chi connectivity index (χ3v) is 3.20. The Labute approximate surface area is 98.2 Å². The summed E-state index contributed by atoms with van der Waals surface area (Å²) in [6.45, 7) is 0. The number of thiazole rings is 1. The van der Waals surface area contributed by atoms with Gasteiger partial charge >= 0.3 is 6.18 Å². The van der Waals surface area contributed by atoms with Crippen LogP contribution in [0.15, 0.2) is 29.2 Å². The Bertz CT molecular complexity index is 480. The predicted molar refractivity (Wildman–Crippen MR) is 55.0 cm³/mol. The quantitative estimate of drug-likeness (QED) is 0.659. The molecule has 0 amide bonds. The molecule has 3 N–H and O–H groups in total. The molecule has 0 aliphatic rings. The summed E-state index contributed by atoms with van der Waals surface area (Å²) in [5, 5.41) is -0.892. The van der Waals surface area contributed by atoms with Crippen LogP contribution in [0.5, 0.6) is 0 Å². The van der Waals surface area contributed by atoms with Crippen LogP contribution in [0.1, 0.15) is 21.5 Å². The molecule has 0 saturated heterocycles. The van der Waals surface area contributed by atoms with Crippen molar-refractivity contribution in [2.24, 2.45) is 5.84 Å². The Morgan fingerprint density at radius 3 is 2.71 bits per heavy atom. The summed E-state index contributed by atoms with van der Waals surface area (Å²) in [6, 6.07) is 1.07. The van der Waals surface area contributed by atoms with Crippen molar-refractivity contribution in [2.45, 2.75) is 12.2 Å². The Hall–Kier alpha value is -1.38. The number of hydrogen-bond acceptors (Lipinski definition) is 5. The van der Waals surface area contributed by atoms with Crippen LogP contribution in [0.4, 0.5) is 13.2 Å². The predicted octanol–water partition coefficient (Wildman–Crippen LogP) is 2.31. The van der Waals surface area contributed by atoms with Crippen molar-refractivity contribution < 1.29 is 17.6 Å². The molecule has 1 unspecified atom stereocenters. The number of rotatable bonds is 3. The second-order valence-corrected chi connectivity index (χ2v) is 4.28. The largest absolute Gasteiger partial charge is 0.472 e. The number of nitrogens with two attached hydrogens (primary N) is 1. The highest BCUT2D eigenvalue weighted by Crippen LogP contribution is 2.35. The van der Waals surface area contributed by atoms with E-state index in [1.807, 2.05) is 0 Å². The second-order valence-electron chi connectivity index (χ2n) is 3.22. The summed E-state index contributed by atoms with van der Waals surface area (Å²) >= 11 is 0.550. The van der Waals surface area contributed by atoms with E-state index in [0.717, 1.165) is 6.20 Å². The number of furan rings is 1. The number of halogens is 3. The van der Waals surface area contributed by atoms with E-state index in [1.54, 1.807) is 6.07 Å². The van der Waals surface area contributed by atoms with Crippen LogP contribution in [-0.4, -0.2) is 4.98 Å². The maximum atomic E-state index is 12.4. The summed E-state index contributed by atoms with van der Waals surface area (Å²) in [5.74, 6) is 5.32. The Morgan fingerprint density at radius 1 is 1.47 bits per heavy atom. The molecule has 2 rings (SSSR count). The minimum atomic E-state index is -4.43. The molecule has 17 heavy (non-hydrogen) atoms. The van der Waals surface area contributed by atoms with Crippen LogP contribution in [-0.2, 0) is 6.18 Å². The van der Waals surface area contributed by atoms with Crippen molar-refractivity contribution in [2.75, 3.05) is 0 Å². The first kappa shape index (κ1) is 12.1. The molecule has 1 atom stereocenters. The average molecular weight is 263 g/mol. The first-order valence-electron chi connectivity index (χ1n) is 4.53. The van der Waals surface area contributed by atoms with Gasteiger partial charge in [-0.1, -0.05) is 0 Å². The number of hydrazine groups is 1. The molecule has 0 aliphatic carbocycles. The molecule has 2 heterocycles. The van der Waals surface area contributed by atoms with E-state index in [-0.39, 0.29) is 0 Å². The lowest BCUT2D eigenvalue weighted by Crippen LogP contribution is -2.27. The number of aromatic nitrogens is 1. The molecule has 0 fully saturated rings. The van der Waals surface area contributed by atoms with E-state index < -0.39 is 17.2 Å². The van der Waals surface area contributed by atoms with E-state index in [0.29, 0.717) is 21.8 Å². The van der Waals surface area contributed by atoms with Gasteiger partial charge in [-0.05, 0) is 6.07 Å². The molecular weight excluding hydrogens is 255 g/mol. The maximum Gasteiger partial charge on any atom is 0.443 e. The van der Waals surface area contributed by atoms with E-state index in [4.69, 9.17) is 10.3 Å². The average Bonchev–Trinajstić information content (AvgIpc) is 2.87. The van der Waals surface area contributed by atoms with Gasteiger partial charge < -0.3 is 4.42 Å². The van der Waals surface area contributed by atoms with Crippen molar-refractivity contribution >= 4 is 11.3 Å². The lowest BCUT2D eigenvalue weighted by molar-refractivity contribution is -0.137. The van der Waals surface area contributed by atoms with E-state index >= 15 is 0 Å². The smallest absolute Gasteiger partial charge is 0.443 e. The Morgan fingerprint density at radius 2 is 2.24 bits per heavy atom. The third-order valence-electron chi connectivity index (χ3n) is 2.09. The Balaban J connectivity index is 2.30. The monoisotopic (exact) mass is 263 g/mol. The van der Waals surface area contributed by atoms with Crippen LogP contribution in [0, 0.1) is 0 Å². The highest BCUT2D eigenvalue weighted by molar-refractivity contribution is 7.11. The minimum absolute atomic E-state index is 0.376. The normalized spacial score (nSPS) is 13.9. The van der Waals surface area contributed by atoms with Gasteiger partial charge in [-0.25, -0.2) is 10.4 Å². The third kappa shape index (κ3) is 2.48. The van der Waals surface area contributed by atoms with E-state index in [1.165, 1.54) is 12.5 Å². The van der Waals surface area contributed by atoms with Gasteiger partial charge in [-0.2, -0.15) is 13.2 Å². The van der Waals surface area contributed by atoms with Gasteiger partial charge in [-0.15, -0.1) is 11.3 Å². The highest BCUT2D eigenvalue weighted by atomic mass is 32.1. The molecular formula is C9H8F3N3OS. The van der Waals surface area contributed by atoms with Crippen LogP contribution >= 0.6 is 11.3 Å². The lowest BCUT2D eigenvalue weighted by Gasteiger charge is -2.10. The fraction of sp³-hybridized carbons (Fsp3) is 0.222. The second kappa shape index (κ2) is 4.47. The van der Waals surface area contributed by atoms with Gasteiger partial charge in [-0.3, -0.25) is 5.84 Å². The van der Waals surface area contributed by atoms with Crippen LogP contribution in [0.3, 0.4) is 0 Å². The van der Waals surface area contributed by atoms with Crippen molar-refractivity contribution in [1.29, 1.82) is 0 Å². The maximum absolute atomic E-state index is 12.4. The summed E-state index contributed by atoms with van der Waals surface area (Å²) in [7, 11) is 0. The number of nitrogens with one attached hydrogen (secondary N) is 1. The van der Waals surface area contributed by atoms with Crippen LogP contribution in [0.2, 0.25) is 0 Å². The van der Waals surface area contributed by atoms with Crippen molar-refractivity contribution in [1.82, 2.24) is 10.4 Å². The molecule has 92 valence electrons. The van der Waals surface area contributed by atoms with E-state index in [9.17, 15) is 13.2 Å². The minimum Gasteiger partial charge on any atom is -0.472 e. The molecule has 0 bridgehead atoms. The fourth-order valence-electron chi connectivity index (χ4n) is 1.33. The molecule has 0 aromatic carbocycles. The van der Waals surface area contributed by atoms with Gasteiger partial charge in [0, 0.05) is 16.6 Å². The van der Waals surface area contributed by atoms with Gasteiger partial charge in [0.1, 0.15) is 0 Å². The molecule has 0 spiro atoms. The first-order chi connectivity index (χ1) is 8.02. The zero-order chi connectivity index (χ0) is 12.5. The summed E-state index contributed by atoms with van der Waals surface area (Å²) < 4.78 is 42.0. The number of alkyl halides is 3. The van der Waals surface area contributed by atoms with Gasteiger partial charge in [0.15, 0.2) is 5.01 Å². The van der Waals surface area contributed by atoms with Gasteiger partial charge in [0.25, 0.3) is 0 Å². The van der Waals surface area contributed by atoms with Crippen molar-refractivity contribution in [3.8, 4) is 0 Å².